The summed E-state index contributed by atoms with van der Waals surface area (Å²) in [6.07, 6.45) is 5.41. The van der Waals surface area contributed by atoms with Crippen molar-refractivity contribution in [1.29, 1.82) is 5.26 Å². The number of aromatic amines is 1. The molecule has 74 valence electrons. The first kappa shape index (κ1) is 9.21. The Hall–Kier alpha value is -2.35. The summed E-state index contributed by atoms with van der Waals surface area (Å²) in [5.41, 5.74) is 1.64. The summed E-state index contributed by atoms with van der Waals surface area (Å²) in [6.45, 7) is 0. The molecule has 1 N–H and O–H groups in total. The fourth-order valence-corrected chi connectivity index (χ4v) is 1.19. The molecule has 2 rings (SSSR count). The molecule has 0 atom stereocenters. The van der Waals surface area contributed by atoms with E-state index in [9.17, 15) is 4.79 Å². The van der Waals surface area contributed by atoms with Crippen LogP contribution in [-0.4, -0.2) is 9.97 Å². The summed E-state index contributed by atoms with van der Waals surface area (Å²) < 4.78 is 4.84. The summed E-state index contributed by atoms with van der Waals surface area (Å²) >= 11 is 0. The number of nitrogens with zero attached hydrogens (tertiary/aromatic N) is 2. The summed E-state index contributed by atoms with van der Waals surface area (Å²) in [6, 6.07) is 3.68. The lowest BCUT2D eigenvalue weighted by atomic mass is 10.2. The molecule has 0 amide bonds. The van der Waals surface area contributed by atoms with Crippen LogP contribution in [0.15, 0.2) is 27.6 Å². The quantitative estimate of drug-likeness (QED) is 0.796. The second-order valence-corrected chi connectivity index (χ2v) is 2.89. The number of nitrogens with one attached hydrogen (secondary N) is 1. The zero-order valence-electron chi connectivity index (χ0n) is 7.73. The largest absolute Gasteiger partial charge is 0.418 e. The average Bonchev–Trinajstić information content (AvgIpc) is 2.57. The van der Waals surface area contributed by atoms with Gasteiger partial charge < -0.3 is 4.42 Å². The van der Waals surface area contributed by atoms with Crippen molar-refractivity contribution in [1.82, 2.24) is 9.97 Å². The predicted octanol–water partition coefficient (Wildman–Crippen LogP) is 1.44. The van der Waals surface area contributed by atoms with Crippen LogP contribution in [0.25, 0.3) is 17.3 Å². The zero-order chi connectivity index (χ0) is 10.7. The molecule has 0 saturated heterocycles. The van der Waals surface area contributed by atoms with Gasteiger partial charge in [0.25, 0.3) is 0 Å². The predicted molar refractivity (Wildman–Crippen MR) is 53.9 cm³/mol. The fraction of sp³-hybridized carbons (Fsp3) is 0.100. The van der Waals surface area contributed by atoms with E-state index in [-0.39, 0.29) is 0 Å². The van der Waals surface area contributed by atoms with Gasteiger partial charge in [-0.1, -0.05) is 12.2 Å². The van der Waals surface area contributed by atoms with Gasteiger partial charge in [-0.25, -0.2) is 9.78 Å². The molecular formula is C10H7N3O2. The summed E-state index contributed by atoms with van der Waals surface area (Å²) in [7, 11) is 0. The van der Waals surface area contributed by atoms with Gasteiger partial charge in [0.2, 0.25) is 0 Å². The molecule has 0 aliphatic carbocycles. The fourth-order valence-electron chi connectivity index (χ4n) is 1.19. The molecule has 0 aliphatic rings. The van der Waals surface area contributed by atoms with E-state index < -0.39 is 5.76 Å². The van der Waals surface area contributed by atoms with Crippen LogP contribution in [0.5, 0.6) is 0 Å². The molecular weight excluding hydrogens is 194 g/mol. The lowest BCUT2D eigenvalue weighted by molar-refractivity contribution is 0.555. The van der Waals surface area contributed by atoms with Crippen LogP contribution >= 0.6 is 0 Å². The van der Waals surface area contributed by atoms with E-state index in [1.165, 1.54) is 0 Å². The standard InChI is InChI=1S/C10H7N3O2/c11-4-2-1-3-7-5-8-9(12-6-7)13-10(14)15-8/h1,3,5-6H,2H2,(H,12,13,14). The van der Waals surface area contributed by atoms with E-state index in [1.54, 1.807) is 24.4 Å². The Labute approximate surface area is 84.7 Å². The molecule has 5 heteroatoms. The maximum atomic E-state index is 10.8. The Balaban J connectivity index is 2.39. The Morgan fingerprint density at radius 2 is 2.53 bits per heavy atom. The molecule has 0 aliphatic heterocycles. The van der Waals surface area contributed by atoms with Crippen LogP contribution < -0.4 is 5.76 Å². The van der Waals surface area contributed by atoms with E-state index in [2.05, 4.69) is 9.97 Å². The van der Waals surface area contributed by atoms with Crippen LogP contribution in [0.4, 0.5) is 0 Å². The maximum Gasteiger partial charge on any atom is 0.418 e. The summed E-state index contributed by atoms with van der Waals surface area (Å²) in [5, 5.41) is 8.34. The third-order valence-corrected chi connectivity index (χ3v) is 1.82. The second kappa shape index (κ2) is 3.80. The third-order valence-electron chi connectivity index (χ3n) is 1.82. The van der Waals surface area contributed by atoms with Crippen LogP contribution in [0.3, 0.4) is 0 Å². The highest BCUT2D eigenvalue weighted by Gasteiger charge is 2.01. The minimum atomic E-state index is -0.518. The first-order chi connectivity index (χ1) is 7.29. The number of hydrogen-bond acceptors (Lipinski definition) is 4. The number of H-pyrrole nitrogens is 1. The molecule has 2 heterocycles. The zero-order valence-corrected chi connectivity index (χ0v) is 7.73. The van der Waals surface area contributed by atoms with Gasteiger partial charge in [0.05, 0.1) is 12.5 Å². The highest BCUT2D eigenvalue weighted by molar-refractivity contribution is 5.70. The number of aromatic nitrogens is 2. The van der Waals surface area contributed by atoms with Gasteiger partial charge in [0, 0.05) is 6.20 Å². The van der Waals surface area contributed by atoms with Crippen molar-refractivity contribution in [2.24, 2.45) is 0 Å². The van der Waals surface area contributed by atoms with Gasteiger partial charge in [-0.3, -0.25) is 4.98 Å². The topological polar surface area (TPSA) is 82.7 Å². The first-order valence-electron chi connectivity index (χ1n) is 4.32. The number of nitriles is 1. The number of allylic oxidation sites excluding steroid dienone is 1. The van der Waals surface area contributed by atoms with Crippen LogP contribution in [-0.2, 0) is 0 Å². The molecule has 5 nitrogen and oxygen atoms in total. The molecule has 0 saturated carbocycles. The minimum Gasteiger partial charge on any atom is -0.406 e. The lowest BCUT2D eigenvalue weighted by Crippen LogP contribution is -1.93. The van der Waals surface area contributed by atoms with E-state index in [1.807, 2.05) is 6.07 Å². The van der Waals surface area contributed by atoms with Crippen molar-refractivity contribution in [2.45, 2.75) is 6.42 Å². The van der Waals surface area contributed by atoms with E-state index in [0.717, 1.165) is 5.56 Å². The highest BCUT2D eigenvalue weighted by Crippen LogP contribution is 2.10. The molecule has 0 aromatic carbocycles. The molecule has 15 heavy (non-hydrogen) atoms. The number of rotatable bonds is 2. The maximum absolute atomic E-state index is 10.8. The van der Waals surface area contributed by atoms with Gasteiger partial charge in [-0.2, -0.15) is 5.26 Å². The van der Waals surface area contributed by atoms with E-state index in [4.69, 9.17) is 9.68 Å². The molecule has 0 radical (unpaired) electrons. The van der Waals surface area contributed by atoms with Crippen LogP contribution in [0, 0.1) is 11.3 Å². The van der Waals surface area contributed by atoms with Crippen molar-refractivity contribution in [3.8, 4) is 6.07 Å². The van der Waals surface area contributed by atoms with Gasteiger partial charge in [-0.05, 0) is 11.6 Å². The van der Waals surface area contributed by atoms with Gasteiger partial charge in [0.15, 0.2) is 11.2 Å². The smallest absolute Gasteiger partial charge is 0.406 e. The Bertz CT molecular complexity index is 601. The minimum absolute atomic E-state index is 0.342. The number of fused-ring (bicyclic) bond motifs is 1. The molecule has 0 bridgehead atoms. The molecule has 0 unspecified atom stereocenters. The molecule has 0 fully saturated rings. The molecule has 2 aromatic heterocycles. The van der Waals surface area contributed by atoms with Gasteiger partial charge in [0.1, 0.15) is 0 Å². The SMILES string of the molecule is N#CCC=Cc1cnc2[nH]c(=O)oc2c1. The van der Waals surface area contributed by atoms with Crippen molar-refractivity contribution < 1.29 is 4.42 Å². The molecule has 2 aromatic rings. The normalized spacial score (nSPS) is 10.9. The monoisotopic (exact) mass is 201 g/mol. The van der Waals surface area contributed by atoms with Crippen LogP contribution in [0.1, 0.15) is 12.0 Å². The third kappa shape index (κ3) is 1.94. The summed E-state index contributed by atoms with van der Waals surface area (Å²) in [4.78, 5) is 17.3. The van der Waals surface area contributed by atoms with Crippen molar-refractivity contribution >= 4 is 17.3 Å². The number of pyridine rings is 1. The van der Waals surface area contributed by atoms with Crippen molar-refractivity contribution in [2.75, 3.05) is 0 Å². The van der Waals surface area contributed by atoms with E-state index >= 15 is 0 Å². The lowest BCUT2D eigenvalue weighted by Gasteiger charge is -1.90. The highest BCUT2D eigenvalue weighted by atomic mass is 16.4. The average molecular weight is 201 g/mol. The van der Waals surface area contributed by atoms with Gasteiger partial charge in [-0.15, -0.1) is 0 Å². The Kier molecular flexibility index (Phi) is 2.33. The number of oxazole rings is 1. The van der Waals surface area contributed by atoms with Crippen molar-refractivity contribution in [3.63, 3.8) is 0 Å². The molecule has 0 spiro atoms. The van der Waals surface area contributed by atoms with E-state index in [0.29, 0.717) is 17.7 Å². The summed E-state index contributed by atoms with van der Waals surface area (Å²) in [5.74, 6) is -0.518. The van der Waals surface area contributed by atoms with Crippen LogP contribution in [0.2, 0.25) is 0 Å². The number of hydrogen-bond donors (Lipinski definition) is 1. The Morgan fingerprint density at radius 3 is 3.33 bits per heavy atom. The van der Waals surface area contributed by atoms with Gasteiger partial charge >= 0.3 is 5.76 Å². The second-order valence-electron chi connectivity index (χ2n) is 2.89. The Morgan fingerprint density at radius 1 is 1.67 bits per heavy atom. The van der Waals surface area contributed by atoms with Crippen molar-refractivity contribution in [3.05, 3.63) is 34.5 Å². The first-order valence-corrected chi connectivity index (χ1v) is 4.32.